The molecule has 0 saturated carbocycles. The van der Waals surface area contributed by atoms with Crippen LogP contribution in [0.5, 0.6) is 0 Å². The van der Waals surface area contributed by atoms with Gasteiger partial charge in [0.25, 0.3) is 5.56 Å². The lowest BCUT2D eigenvalue weighted by Gasteiger charge is -2.11. The second-order valence-electron chi connectivity index (χ2n) is 8.32. The molecule has 0 spiro atoms. The SMILES string of the molecule is O=c1cc(-c2ccc(C(F)(F)F)cc2)ccn1-c1ccc2c(cnn2CCNC2CCOC2)c1. The number of benzene rings is 2. The van der Waals surface area contributed by atoms with Gasteiger partial charge in [0.2, 0.25) is 0 Å². The Balaban J connectivity index is 1.33. The van der Waals surface area contributed by atoms with Crippen molar-refractivity contribution >= 4 is 10.9 Å². The molecule has 1 atom stereocenters. The topological polar surface area (TPSA) is 61.1 Å². The summed E-state index contributed by atoms with van der Waals surface area (Å²) in [6, 6.07) is 14.0. The van der Waals surface area contributed by atoms with Crippen molar-refractivity contribution in [2.75, 3.05) is 19.8 Å². The maximum Gasteiger partial charge on any atom is 0.416 e. The molecule has 0 amide bonds. The third-order valence-corrected chi connectivity index (χ3v) is 6.06. The molecule has 9 heteroatoms. The number of pyridine rings is 1. The molecule has 0 aliphatic carbocycles. The largest absolute Gasteiger partial charge is 0.416 e. The molecule has 4 aromatic rings. The van der Waals surface area contributed by atoms with Gasteiger partial charge in [0.15, 0.2) is 0 Å². The molecule has 1 saturated heterocycles. The summed E-state index contributed by atoms with van der Waals surface area (Å²) in [6.45, 7) is 3.06. The molecule has 0 bridgehead atoms. The fourth-order valence-electron chi connectivity index (χ4n) is 4.20. The monoisotopic (exact) mass is 468 g/mol. The van der Waals surface area contributed by atoms with Crippen LogP contribution in [-0.2, 0) is 17.5 Å². The molecule has 2 aromatic carbocycles. The van der Waals surface area contributed by atoms with E-state index in [4.69, 9.17) is 4.74 Å². The maximum absolute atomic E-state index is 12.8. The van der Waals surface area contributed by atoms with E-state index in [0.29, 0.717) is 22.9 Å². The highest BCUT2D eigenvalue weighted by Gasteiger charge is 2.30. The van der Waals surface area contributed by atoms with Crippen LogP contribution in [0.4, 0.5) is 13.2 Å². The molecule has 1 N–H and O–H groups in total. The number of ether oxygens (including phenoxy) is 1. The molecule has 1 unspecified atom stereocenters. The number of halogens is 3. The standard InChI is InChI=1S/C25H23F3N4O2/c26-25(27,28)20-3-1-17(2-4-20)18-7-10-31(24(33)14-18)22-5-6-23-19(13-22)15-30-32(23)11-9-29-21-8-12-34-16-21/h1-7,10,13-15,21,29H,8-9,11-12,16H2. The molecule has 5 rings (SSSR count). The van der Waals surface area contributed by atoms with Crippen molar-refractivity contribution < 1.29 is 17.9 Å². The molecule has 0 radical (unpaired) electrons. The molecular weight excluding hydrogens is 445 g/mol. The minimum absolute atomic E-state index is 0.271. The Bertz CT molecular complexity index is 1350. The Kier molecular flexibility index (Phi) is 5.97. The zero-order valence-electron chi connectivity index (χ0n) is 18.3. The van der Waals surface area contributed by atoms with Crippen molar-refractivity contribution in [2.45, 2.75) is 25.2 Å². The number of hydrogen-bond acceptors (Lipinski definition) is 4. The van der Waals surface area contributed by atoms with Gasteiger partial charge in [0.05, 0.1) is 30.4 Å². The van der Waals surface area contributed by atoms with Crippen LogP contribution in [0.2, 0.25) is 0 Å². The third kappa shape index (κ3) is 4.62. The Hall–Kier alpha value is -3.43. The molecule has 176 valence electrons. The zero-order valence-corrected chi connectivity index (χ0v) is 18.3. The molecule has 3 heterocycles. The van der Waals surface area contributed by atoms with Crippen molar-refractivity contribution in [1.29, 1.82) is 0 Å². The van der Waals surface area contributed by atoms with E-state index in [1.54, 1.807) is 18.5 Å². The number of rotatable bonds is 6. The summed E-state index contributed by atoms with van der Waals surface area (Å²) in [5, 5.41) is 8.86. The number of nitrogens with zero attached hydrogens (tertiary/aromatic N) is 3. The molecule has 1 fully saturated rings. The first-order valence-electron chi connectivity index (χ1n) is 11.1. The van der Waals surface area contributed by atoms with Crippen LogP contribution in [0.1, 0.15) is 12.0 Å². The Labute approximate surface area is 193 Å². The lowest BCUT2D eigenvalue weighted by molar-refractivity contribution is -0.137. The van der Waals surface area contributed by atoms with E-state index in [1.165, 1.54) is 22.8 Å². The van der Waals surface area contributed by atoms with Gasteiger partial charge in [-0.25, -0.2) is 0 Å². The first-order chi connectivity index (χ1) is 16.4. The van der Waals surface area contributed by atoms with Crippen molar-refractivity contribution in [3.8, 4) is 16.8 Å². The highest BCUT2D eigenvalue weighted by molar-refractivity contribution is 5.81. The number of hydrogen-bond donors (Lipinski definition) is 1. The highest BCUT2D eigenvalue weighted by atomic mass is 19.4. The molecule has 1 aliphatic heterocycles. The average Bonchev–Trinajstić information content (AvgIpc) is 3.48. The summed E-state index contributed by atoms with van der Waals surface area (Å²) in [7, 11) is 0. The van der Waals surface area contributed by atoms with Gasteiger partial charge >= 0.3 is 6.18 Å². The summed E-state index contributed by atoms with van der Waals surface area (Å²) >= 11 is 0. The van der Waals surface area contributed by atoms with Gasteiger partial charge in [-0.1, -0.05) is 12.1 Å². The minimum Gasteiger partial charge on any atom is -0.380 e. The van der Waals surface area contributed by atoms with E-state index in [2.05, 4.69) is 10.4 Å². The average molecular weight is 468 g/mol. The van der Waals surface area contributed by atoms with E-state index in [0.717, 1.165) is 55.8 Å². The van der Waals surface area contributed by atoms with E-state index >= 15 is 0 Å². The summed E-state index contributed by atoms with van der Waals surface area (Å²) in [4.78, 5) is 12.8. The fraction of sp³-hybridized carbons (Fsp3) is 0.280. The molecular formula is C25H23F3N4O2. The van der Waals surface area contributed by atoms with Crippen LogP contribution in [0.25, 0.3) is 27.7 Å². The van der Waals surface area contributed by atoms with Crippen LogP contribution < -0.4 is 10.9 Å². The van der Waals surface area contributed by atoms with Gasteiger partial charge in [0.1, 0.15) is 0 Å². The van der Waals surface area contributed by atoms with Crippen molar-refractivity contribution in [1.82, 2.24) is 19.7 Å². The second kappa shape index (κ2) is 9.08. The molecule has 2 aromatic heterocycles. The van der Waals surface area contributed by atoms with Crippen LogP contribution in [-0.4, -0.2) is 40.1 Å². The van der Waals surface area contributed by atoms with Gasteiger partial charge < -0.3 is 10.1 Å². The van der Waals surface area contributed by atoms with Crippen molar-refractivity contribution in [2.24, 2.45) is 0 Å². The molecule has 6 nitrogen and oxygen atoms in total. The quantitative estimate of drug-likeness (QED) is 0.460. The van der Waals surface area contributed by atoms with E-state index in [9.17, 15) is 18.0 Å². The summed E-state index contributed by atoms with van der Waals surface area (Å²) in [5.41, 5.74) is 1.78. The second-order valence-corrected chi connectivity index (χ2v) is 8.32. The Morgan fingerprint density at radius 3 is 2.59 bits per heavy atom. The van der Waals surface area contributed by atoms with E-state index < -0.39 is 11.7 Å². The van der Waals surface area contributed by atoms with E-state index in [1.807, 2.05) is 22.9 Å². The molecule has 1 aliphatic rings. The fourth-order valence-corrected chi connectivity index (χ4v) is 4.20. The lowest BCUT2D eigenvalue weighted by atomic mass is 10.0. The van der Waals surface area contributed by atoms with Crippen LogP contribution in [0.15, 0.2) is 71.8 Å². The van der Waals surface area contributed by atoms with Crippen LogP contribution in [0, 0.1) is 0 Å². The Morgan fingerprint density at radius 1 is 1.06 bits per heavy atom. The van der Waals surface area contributed by atoms with Gasteiger partial charge in [-0.05, 0) is 53.9 Å². The maximum atomic E-state index is 12.8. The first kappa shape index (κ1) is 22.4. The van der Waals surface area contributed by atoms with Crippen molar-refractivity contribution in [3.63, 3.8) is 0 Å². The zero-order chi connectivity index (χ0) is 23.7. The number of aromatic nitrogens is 3. The van der Waals surface area contributed by atoms with Gasteiger partial charge in [-0.15, -0.1) is 0 Å². The normalized spacial score (nSPS) is 16.4. The number of fused-ring (bicyclic) bond motifs is 1. The molecule has 34 heavy (non-hydrogen) atoms. The summed E-state index contributed by atoms with van der Waals surface area (Å²) < 4.78 is 47.2. The smallest absolute Gasteiger partial charge is 0.380 e. The van der Waals surface area contributed by atoms with Gasteiger partial charge in [-0.2, -0.15) is 18.3 Å². The van der Waals surface area contributed by atoms with Crippen LogP contribution >= 0.6 is 0 Å². The minimum atomic E-state index is -4.39. The first-order valence-corrected chi connectivity index (χ1v) is 11.1. The predicted molar refractivity (Wildman–Crippen MR) is 123 cm³/mol. The van der Waals surface area contributed by atoms with Crippen LogP contribution in [0.3, 0.4) is 0 Å². The highest BCUT2D eigenvalue weighted by Crippen LogP contribution is 2.30. The van der Waals surface area contributed by atoms with E-state index in [-0.39, 0.29) is 5.56 Å². The van der Waals surface area contributed by atoms with Crippen molar-refractivity contribution in [3.05, 3.63) is 82.9 Å². The summed E-state index contributed by atoms with van der Waals surface area (Å²) in [6.07, 6.45) is 0.0408. The number of alkyl halides is 3. The number of nitrogens with one attached hydrogen (secondary N) is 1. The lowest BCUT2D eigenvalue weighted by Crippen LogP contribution is -2.32. The Morgan fingerprint density at radius 2 is 1.88 bits per heavy atom. The summed E-state index contributed by atoms with van der Waals surface area (Å²) in [5.74, 6) is 0. The third-order valence-electron chi connectivity index (χ3n) is 6.06. The van der Waals surface area contributed by atoms with Gasteiger partial charge in [0, 0.05) is 42.5 Å². The predicted octanol–water partition coefficient (Wildman–Crippen LogP) is 4.25. The van der Waals surface area contributed by atoms with Gasteiger partial charge in [-0.3, -0.25) is 14.0 Å².